The summed E-state index contributed by atoms with van der Waals surface area (Å²) in [5.41, 5.74) is 1.98. The van der Waals surface area contributed by atoms with E-state index in [0.717, 1.165) is 23.3 Å². The van der Waals surface area contributed by atoms with Crippen LogP contribution in [-0.4, -0.2) is 26.0 Å². The molecule has 2 heterocycles. The zero-order valence-electron chi connectivity index (χ0n) is 17.0. The van der Waals surface area contributed by atoms with Crippen LogP contribution in [0, 0.1) is 12.8 Å². The molecule has 1 aliphatic carbocycles. The van der Waals surface area contributed by atoms with Crippen molar-refractivity contribution in [3.8, 4) is 0 Å². The molecule has 2 aromatic heterocycles. The molecule has 9 heteroatoms. The van der Waals surface area contributed by atoms with E-state index in [4.69, 9.17) is 4.52 Å². The van der Waals surface area contributed by atoms with Crippen LogP contribution in [0.5, 0.6) is 0 Å². The number of benzene rings is 1. The number of nitrogens with zero attached hydrogens (tertiary/aromatic N) is 1. The summed E-state index contributed by atoms with van der Waals surface area (Å²) in [5, 5.41) is 8.78. The molecule has 4 rings (SSSR count). The standard InChI is InChI=1S/C22H23N3O4S2/c1-15-21(24-22(26)17-7-8-17)20(29-25-15)11-6-16-4-9-19(10-5-16)31(27,28)23-13-12-18-3-2-14-30-18/h2-6,9-11,14,17,23H,7-8,12-13H2,1H3,(H,24,26)/b11-6-. The van der Waals surface area contributed by atoms with Crippen LogP contribution in [0.1, 0.15) is 34.7 Å². The lowest BCUT2D eigenvalue weighted by molar-refractivity contribution is -0.117. The van der Waals surface area contributed by atoms with Crippen LogP contribution in [0.15, 0.2) is 51.2 Å². The van der Waals surface area contributed by atoms with E-state index in [-0.39, 0.29) is 16.7 Å². The molecule has 0 saturated heterocycles. The van der Waals surface area contributed by atoms with Crippen LogP contribution in [0.2, 0.25) is 0 Å². The first-order valence-corrected chi connectivity index (χ1v) is 12.4. The van der Waals surface area contributed by atoms with Gasteiger partial charge < -0.3 is 9.84 Å². The predicted molar refractivity (Wildman–Crippen MR) is 121 cm³/mol. The molecule has 2 N–H and O–H groups in total. The highest BCUT2D eigenvalue weighted by Gasteiger charge is 2.30. The van der Waals surface area contributed by atoms with Gasteiger partial charge >= 0.3 is 0 Å². The molecule has 1 aromatic carbocycles. The van der Waals surface area contributed by atoms with Gasteiger partial charge in [-0.3, -0.25) is 4.79 Å². The van der Waals surface area contributed by atoms with Gasteiger partial charge in [-0.25, -0.2) is 13.1 Å². The van der Waals surface area contributed by atoms with Gasteiger partial charge in [-0.1, -0.05) is 29.4 Å². The smallest absolute Gasteiger partial charge is 0.240 e. The van der Waals surface area contributed by atoms with Gasteiger partial charge in [0.1, 0.15) is 11.4 Å². The van der Waals surface area contributed by atoms with E-state index in [1.807, 2.05) is 17.5 Å². The maximum atomic E-state index is 12.5. The molecule has 0 unspecified atom stereocenters. The number of anilines is 1. The summed E-state index contributed by atoms with van der Waals surface area (Å²) in [6, 6.07) is 10.5. The first kappa shape index (κ1) is 21.5. The number of nitrogens with one attached hydrogen (secondary N) is 2. The van der Waals surface area contributed by atoms with Crippen LogP contribution >= 0.6 is 11.3 Å². The summed E-state index contributed by atoms with van der Waals surface area (Å²) >= 11 is 1.61. The molecule has 0 spiro atoms. The van der Waals surface area contributed by atoms with Crippen LogP contribution in [-0.2, 0) is 21.2 Å². The molecule has 162 valence electrons. The van der Waals surface area contributed by atoms with E-state index in [0.29, 0.717) is 30.1 Å². The van der Waals surface area contributed by atoms with E-state index in [2.05, 4.69) is 15.2 Å². The summed E-state index contributed by atoms with van der Waals surface area (Å²) in [6.45, 7) is 2.12. The van der Waals surface area contributed by atoms with Crippen molar-refractivity contribution in [2.24, 2.45) is 5.92 Å². The molecule has 0 atom stereocenters. The quantitative estimate of drug-likeness (QED) is 0.504. The number of aromatic nitrogens is 1. The minimum atomic E-state index is -3.56. The number of aryl methyl sites for hydroxylation is 1. The summed E-state index contributed by atoms with van der Waals surface area (Å²) < 4.78 is 32.9. The van der Waals surface area contributed by atoms with Crippen LogP contribution in [0.25, 0.3) is 12.2 Å². The number of hydrogen-bond acceptors (Lipinski definition) is 6. The average molecular weight is 458 g/mol. The van der Waals surface area contributed by atoms with Gasteiger partial charge in [0.05, 0.1) is 4.90 Å². The molecular weight excluding hydrogens is 434 g/mol. The van der Waals surface area contributed by atoms with Crippen LogP contribution < -0.4 is 10.0 Å². The van der Waals surface area contributed by atoms with Crippen molar-refractivity contribution in [1.82, 2.24) is 9.88 Å². The van der Waals surface area contributed by atoms with Crippen LogP contribution in [0.4, 0.5) is 5.69 Å². The van der Waals surface area contributed by atoms with Gasteiger partial charge in [-0.05, 0) is 61.4 Å². The van der Waals surface area contributed by atoms with Crippen molar-refractivity contribution in [2.45, 2.75) is 31.1 Å². The predicted octanol–water partition coefficient (Wildman–Crippen LogP) is 4.08. The first-order chi connectivity index (χ1) is 14.9. The normalized spacial score (nSPS) is 14.2. The topological polar surface area (TPSA) is 101 Å². The third kappa shape index (κ3) is 5.49. The molecule has 0 aliphatic heterocycles. The maximum absolute atomic E-state index is 12.5. The Bertz CT molecular complexity index is 1180. The lowest BCUT2D eigenvalue weighted by Crippen LogP contribution is -2.25. The third-order valence-corrected chi connectivity index (χ3v) is 7.36. The number of hydrogen-bond donors (Lipinski definition) is 2. The van der Waals surface area contributed by atoms with Gasteiger partial charge in [0.2, 0.25) is 15.9 Å². The minimum absolute atomic E-state index is 0.0120. The summed E-state index contributed by atoms with van der Waals surface area (Å²) in [5.74, 6) is 0.528. The summed E-state index contributed by atoms with van der Waals surface area (Å²) in [6.07, 6.45) is 5.99. The molecule has 7 nitrogen and oxygen atoms in total. The fraction of sp³-hybridized carbons (Fsp3) is 0.273. The highest BCUT2D eigenvalue weighted by Crippen LogP contribution is 2.32. The van der Waals surface area contributed by atoms with E-state index < -0.39 is 10.0 Å². The van der Waals surface area contributed by atoms with Gasteiger partial charge in [0, 0.05) is 17.3 Å². The Morgan fingerprint density at radius 2 is 2.00 bits per heavy atom. The molecule has 1 aliphatic rings. The van der Waals surface area contributed by atoms with Crippen molar-refractivity contribution in [3.05, 3.63) is 63.7 Å². The fourth-order valence-electron chi connectivity index (χ4n) is 3.00. The Kier molecular flexibility index (Phi) is 6.35. The Hall–Kier alpha value is -2.75. The second-order valence-electron chi connectivity index (χ2n) is 7.40. The molecule has 31 heavy (non-hydrogen) atoms. The molecule has 1 fully saturated rings. The van der Waals surface area contributed by atoms with E-state index in [1.54, 1.807) is 54.7 Å². The van der Waals surface area contributed by atoms with E-state index in [9.17, 15) is 13.2 Å². The van der Waals surface area contributed by atoms with Crippen LogP contribution in [0.3, 0.4) is 0 Å². The summed E-state index contributed by atoms with van der Waals surface area (Å²) in [7, 11) is -3.56. The highest BCUT2D eigenvalue weighted by molar-refractivity contribution is 7.89. The zero-order chi connectivity index (χ0) is 21.8. The molecular formula is C22H23N3O4S2. The van der Waals surface area contributed by atoms with Crippen molar-refractivity contribution >= 4 is 45.1 Å². The van der Waals surface area contributed by atoms with Gasteiger partial charge in [-0.15, -0.1) is 11.3 Å². The fourth-order valence-corrected chi connectivity index (χ4v) is 4.74. The van der Waals surface area contributed by atoms with Crippen molar-refractivity contribution in [2.75, 3.05) is 11.9 Å². The monoisotopic (exact) mass is 457 g/mol. The largest absolute Gasteiger partial charge is 0.354 e. The molecule has 1 amide bonds. The molecule has 1 saturated carbocycles. The lowest BCUT2D eigenvalue weighted by Gasteiger charge is -2.06. The number of thiophene rings is 1. The molecule has 0 radical (unpaired) electrons. The number of carbonyl (C=O) groups excluding carboxylic acids is 1. The van der Waals surface area contributed by atoms with E-state index >= 15 is 0 Å². The average Bonchev–Trinajstić information content (AvgIpc) is 3.39. The first-order valence-electron chi connectivity index (χ1n) is 10.00. The molecule has 0 bridgehead atoms. The second kappa shape index (κ2) is 9.17. The second-order valence-corrected chi connectivity index (χ2v) is 10.2. The maximum Gasteiger partial charge on any atom is 0.240 e. The van der Waals surface area contributed by atoms with Crippen molar-refractivity contribution in [1.29, 1.82) is 0 Å². The Balaban J connectivity index is 1.39. The highest BCUT2D eigenvalue weighted by atomic mass is 32.2. The Labute approximate surface area is 185 Å². The lowest BCUT2D eigenvalue weighted by atomic mass is 10.2. The number of rotatable bonds is 9. The zero-order valence-corrected chi connectivity index (χ0v) is 18.6. The Morgan fingerprint density at radius 1 is 1.23 bits per heavy atom. The third-order valence-electron chi connectivity index (χ3n) is 4.95. The van der Waals surface area contributed by atoms with Gasteiger partial charge in [0.25, 0.3) is 0 Å². The number of amides is 1. The van der Waals surface area contributed by atoms with Gasteiger partial charge in [-0.2, -0.15) is 0 Å². The van der Waals surface area contributed by atoms with Gasteiger partial charge in [0.15, 0.2) is 5.76 Å². The van der Waals surface area contributed by atoms with Crippen molar-refractivity contribution in [3.63, 3.8) is 0 Å². The number of sulfonamides is 1. The molecule has 3 aromatic rings. The van der Waals surface area contributed by atoms with Crippen molar-refractivity contribution < 1.29 is 17.7 Å². The Morgan fingerprint density at radius 3 is 2.68 bits per heavy atom. The SMILES string of the molecule is Cc1noc(/C=C\c2ccc(S(=O)(=O)NCCc3cccs3)cc2)c1NC(=O)C1CC1. The van der Waals surface area contributed by atoms with E-state index in [1.165, 1.54) is 0 Å². The number of carbonyl (C=O) groups is 1. The minimum Gasteiger partial charge on any atom is -0.354 e. The summed E-state index contributed by atoms with van der Waals surface area (Å²) in [4.78, 5) is 13.4.